The van der Waals surface area contributed by atoms with Gasteiger partial charge in [0.1, 0.15) is 5.75 Å². The minimum atomic E-state index is -5.40. The predicted octanol–water partition coefficient (Wildman–Crippen LogP) is 3.86. The molecule has 0 fully saturated rings. The zero-order valence-electron chi connectivity index (χ0n) is 15.1. The number of rotatable bonds is 6. The number of alkyl halides is 6. The fraction of sp³-hybridized carbons (Fsp3) is 0.222. The van der Waals surface area contributed by atoms with Gasteiger partial charge in [-0.2, -0.15) is 13.2 Å². The van der Waals surface area contributed by atoms with E-state index in [0.717, 1.165) is 24.3 Å². The van der Waals surface area contributed by atoms with E-state index in [1.807, 2.05) is 0 Å². The molecule has 0 heterocycles. The number of benzene rings is 2. The van der Waals surface area contributed by atoms with Gasteiger partial charge in [-0.25, -0.2) is 4.79 Å². The number of carbonyl (C=O) groups excluding carboxylic acids is 2. The van der Waals surface area contributed by atoms with Crippen molar-refractivity contribution in [2.75, 3.05) is 12.4 Å². The molecule has 2 aromatic rings. The molecule has 162 valence electrons. The monoisotopic (exact) mass is 436 g/mol. The molecule has 2 aromatic carbocycles. The Hall–Kier alpha value is -3.44. The van der Waals surface area contributed by atoms with Crippen molar-refractivity contribution in [3.05, 3.63) is 60.2 Å². The van der Waals surface area contributed by atoms with E-state index < -0.39 is 41.5 Å². The van der Waals surface area contributed by atoms with Crippen LogP contribution in [0.15, 0.2) is 54.6 Å². The maximum absolute atomic E-state index is 13.9. The van der Waals surface area contributed by atoms with Crippen molar-refractivity contribution in [2.45, 2.75) is 18.2 Å². The Morgan fingerprint density at radius 2 is 1.43 bits per heavy atom. The van der Waals surface area contributed by atoms with Crippen molar-refractivity contribution in [1.82, 2.24) is 5.32 Å². The van der Waals surface area contributed by atoms with Gasteiger partial charge in [0.15, 0.2) is 0 Å². The second kappa shape index (κ2) is 8.51. The molecule has 1 unspecified atom stereocenters. The fourth-order valence-electron chi connectivity index (χ4n) is 2.33. The van der Waals surface area contributed by atoms with Crippen LogP contribution in [0.5, 0.6) is 5.75 Å². The number of methoxy groups -OCH3 is 1. The molecule has 0 aliphatic carbocycles. The molecule has 0 bridgehead atoms. The van der Waals surface area contributed by atoms with Gasteiger partial charge >= 0.3 is 24.2 Å². The lowest BCUT2D eigenvalue weighted by molar-refractivity contribution is -0.274. The summed E-state index contributed by atoms with van der Waals surface area (Å²) in [5, 5.41) is 3.38. The first-order valence-corrected chi connectivity index (χ1v) is 8.04. The van der Waals surface area contributed by atoms with Crippen molar-refractivity contribution >= 4 is 17.6 Å². The Balaban J connectivity index is 2.40. The van der Waals surface area contributed by atoms with E-state index in [2.05, 4.69) is 9.47 Å². The molecule has 0 saturated heterocycles. The lowest BCUT2D eigenvalue weighted by atomic mass is 10.1. The van der Waals surface area contributed by atoms with Crippen molar-refractivity contribution < 1.29 is 45.4 Å². The van der Waals surface area contributed by atoms with Gasteiger partial charge in [0, 0.05) is 11.3 Å². The highest BCUT2D eigenvalue weighted by atomic mass is 19.4. The zero-order chi connectivity index (χ0) is 22.6. The maximum Gasteiger partial charge on any atom is 0.573 e. The Bertz CT molecular complexity index is 884. The second-order valence-electron chi connectivity index (χ2n) is 5.76. The van der Waals surface area contributed by atoms with E-state index >= 15 is 0 Å². The normalized spacial score (nSPS) is 13.7. The molecule has 0 aliphatic rings. The molecule has 0 aromatic heterocycles. The number of carbonyl (C=O) groups is 2. The van der Waals surface area contributed by atoms with Crippen LogP contribution >= 0.6 is 0 Å². The van der Waals surface area contributed by atoms with E-state index in [-0.39, 0.29) is 5.56 Å². The number of anilines is 1. The van der Waals surface area contributed by atoms with Gasteiger partial charge in [0.05, 0.1) is 7.11 Å². The topological polar surface area (TPSA) is 76.7 Å². The number of halogens is 6. The van der Waals surface area contributed by atoms with Crippen LogP contribution in [-0.2, 0) is 9.53 Å². The van der Waals surface area contributed by atoms with Crippen LogP contribution in [0.25, 0.3) is 0 Å². The maximum atomic E-state index is 13.9. The molecule has 1 amide bonds. The molecule has 6 nitrogen and oxygen atoms in total. The Labute approximate surface area is 165 Å². The van der Waals surface area contributed by atoms with Crippen molar-refractivity contribution in [2.24, 2.45) is 0 Å². The largest absolute Gasteiger partial charge is 0.573 e. The number of hydrogen-bond donors (Lipinski definition) is 2. The number of ether oxygens (including phenoxy) is 2. The molecule has 2 N–H and O–H groups in total. The second-order valence-corrected chi connectivity index (χ2v) is 5.76. The Morgan fingerprint density at radius 1 is 0.867 bits per heavy atom. The van der Waals surface area contributed by atoms with Crippen molar-refractivity contribution in [3.8, 4) is 5.75 Å². The van der Waals surface area contributed by atoms with Gasteiger partial charge in [-0.3, -0.25) is 4.79 Å². The summed E-state index contributed by atoms with van der Waals surface area (Å²) in [7, 11) is 0.680. The van der Waals surface area contributed by atoms with Crippen LogP contribution in [0, 0.1) is 0 Å². The van der Waals surface area contributed by atoms with Crippen LogP contribution in [0.4, 0.5) is 32.0 Å². The third-order valence-corrected chi connectivity index (χ3v) is 3.67. The van der Waals surface area contributed by atoms with Gasteiger partial charge in [0.25, 0.3) is 5.91 Å². The summed E-state index contributed by atoms with van der Waals surface area (Å²) < 4.78 is 86.3. The number of esters is 1. The fourth-order valence-corrected chi connectivity index (χ4v) is 2.33. The van der Waals surface area contributed by atoms with E-state index in [9.17, 15) is 35.9 Å². The quantitative estimate of drug-likeness (QED) is 0.409. The summed E-state index contributed by atoms with van der Waals surface area (Å²) in [6, 6.07) is 9.83. The van der Waals surface area contributed by atoms with Crippen LogP contribution in [-0.4, -0.2) is 37.2 Å². The first-order chi connectivity index (χ1) is 13.9. The summed E-state index contributed by atoms with van der Waals surface area (Å²) in [6.45, 7) is 0. The lowest BCUT2D eigenvalue weighted by Crippen LogP contribution is -2.69. The highest BCUT2D eigenvalue weighted by Crippen LogP contribution is 2.34. The number of nitrogens with one attached hydrogen (secondary N) is 2. The van der Waals surface area contributed by atoms with Gasteiger partial charge in [-0.1, -0.05) is 18.2 Å². The summed E-state index contributed by atoms with van der Waals surface area (Å²) >= 11 is 0. The van der Waals surface area contributed by atoms with Gasteiger partial charge in [-0.15, -0.1) is 13.2 Å². The van der Waals surface area contributed by atoms with E-state index in [0.29, 0.717) is 7.11 Å². The van der Waals surface area contributed by atoms with Gasteiger partial charge in [0.2, 0.25) is 0 Å². The molecular weight excluding hydrogens is 422 g/mol. The molecule has 2 rings (SSSR count). The van der Waals surface area contributed by atoms with Gasteiger partial charge in [-0.05, 0) is 36.4 Å². The van der Waals surface area contributed by atoms with E-state index in [1.54, 1.807) is 10.6 Å². The number of amides is 1. The number of hydrogen-bond acceptors (Lipinski definition) is 5. The summed E-state index contributed by atoms with van der Waals surface area (Å²) in [5.41, 5.74) is -4.34. The SMILES string of the molecule is COC(=O)C(NC(=O)c1ccccc1)(Nc1ccc(OC(F)(F)F)cc1)C(F)(F)F. The van der Waals surface area contributed by atoms with E-state index in [4.69, 9.17) is 0 Å². The van der Waals surface area contributed by atoms with Crippen molar-refractivity contribution in [1.29, 1.82) is 0 Å². The molecule has 1 atom stereocenters. The van der Waals surface area contributed by atoms with Gasteiger partial charge < -0.3 is 20.1 Å². The van der Waals surface area contributed by atoms with E-state index in [1.165, 1.54) is 30.3 Å². The van der Waals surface area contributed by atoms with Crippen molar-refractivity contribution in [3.63, 3.8) is 0 Å². The average Bonchev–Trinajstić information content (AvgIpc) is 2.66. The molecule has 0 saturated carbocycles. The average molecular weight is 436 g/mol. The molecule has 0 aliphatic heterocycles. The summed E-state index contributed by atoms with van der Waals surface area (Å²) in [4.78, 5) is 24.4. The third-order valence-electron chi connectivity index (χ3n) is 3.67. The Morgan fingerprint density at radius 3 is 1.90 bits per heavy atom. The zero-order valence-corrected chi connectivity index (χ0v) is 15.1. The Kier molecular flexibility index (Phi) is 6.48. The minimum Gasteiger partial charge on any atom is -0.466 e. The third kappa shape index (κ3) is 5.33. The first kappa shape index (κ1) is 22.8. The summed E-state index contributed by atoms with van der Waals surface area (Å²) in [6.07, 6.45) is -10.4. The summed E-state index contributed by atoms with van der Waals surface area (Å²) in [5.74, 6) is -3.84. The first-order valence-electron chi connectivity index (χ1n) is 8.04. The molecular formula is C18H14F6N2O4. The molecule has 30 heavy (non-hydrogen) atoms. The van der Waals surface area contributed by atoms with Crippen LogP contribution < -0.4 is 15.4 Å². The van der Waals surface area contributed by atoms with Crippen LogP contribution in [0.3, 0.4) is 0 Å². The molecule has 0 spiro atoms. The van der Waals surface area contributed by atoms with Crippen LogP contribution in [0.1, 0.15) is 10.4 Å². The minimum absolute atomic E-state index is 0.175. The standard InChI is InChI=1S/C18H14F6N2O4/c1-29-15(28)16(17(19,20)21,26-14(27)11-5-3-2-4-6-11)25-12-7-9-13(10-8-12)30-18(22,23)24/h2-10,25H,1H3,(H,26,27). The lowest BCUT2D eigenvalue weighted by Gasteiger charge is -2.35. The van der Waals surface area contributed by atoms with Crippen LogP contribution in [0.2, 0.25) is 0 Å². The molecule has 12 heteroatoms. The molecule has 0 radical (unpaired) electrons. The smallest absolute Gasteiger partial charge is 0.466 e. The predicted molar refractivity (Wildman–Crippen MR) is 91.5 cm³/mol. The highest BCUT2D eigenvalue weighted by molar-refractivity contribution is 5.99. The highest BCUT2D eigenvalue weighted by Gasteiger charge is 2.63.